The molecule has 0 saturated carbocycles. The molecule has 2 aromatic heterocycles. The van der Waals surface area contributed by atoms with Gasteiger partial charge in [-0.15, -0.1) is 0 Å². The lowest BCUT2D eigenvalue weighted by Crippen LogP contribution is -2.37. The van der Waals surface area contributed by atoms with E-state index in [0.717, 1.165) is 29.4 Å². The first-order chi connectivity index (χ1) is 13.5. The molecule has 0 spiro atoms. The van der Waals surface area contributed by atoms with Gasteiger partial charge in [0.05, 0.1) is 5.39 Å². The van der Waals surface area contributed by atoms with Crippen LogP contribution in [-0.4, -0.2) is 26.2 Å². The molecular formula is C21H26N4O3. The van der Waals surface area contributed by atoms with Crippen LogP contribution in [0.2, 0.25) is 0 Å². The van der Waals surface area contributed by atoms with Gasteiger partial charge in [-0.2, -0.15) is 0 Å². The summed E-state index contributed by atoms with van der Waals surface area (Å²) >= 11 is 0. The van der Waals surface area contributed by atoms with Crippen LogP contribution in [0.3, 0.4) is 0 Å². The number of carbonyl (C=O) groups is 1. The zero-order valence-corrected chi connectivity index (χ0v) is 16.6. The van der Waals surface area contributed by atoms with Crippen molar-refractivity contribution in [2.45, 2.75) is 32.7 Å². The van der Waals surface area contributed by atoms with Gasteiger partial charge in [0.1, 0.15) is 11.3 Å². The number of nitrogens with one attached hydrogen (secondary N) is 1. The topological polar surface area (TPSA) is 78.0 Å². The van der Waals surface area contributed by atoms with Crippen LogP contribution in [0, 0.1) is 0 Å². The van der Waals surface area contributed by atoms with Gasteiger partial charge in [0, 0.05) is 27.2 Å². The summed E-state index contributed by atoms with van der Waals surface area (Å²) in [7, 11) is 3.08. The monoisotopic (exact) mass is 382 g/mol. The molecule has 0 aliphatic heterocycles. The molecule has 0 bridgehead atoms. The zero-order chi connectivity index (χ0) is 20.3. The summed E-state index contributed by atoms with van der Waals surface area (Å²) in [5.74, 6) is -0.238. The van der Waals surface area contributed by atoms with E-state index < -0.39 is 5.69 Å². The standard InChI is InChI=1S/C21H26N4O3/c1-4-5-13-25-17(18(26)22-12-11-15-9-7-6-8-10-15)14-16-19(25)23(2)21(28)24(3)20(16)27/h6-10,14H,4-5,11-13H2,1-3H3,(H,22,26). The Morgan fingerprint density at radius 2 is 1.79 bits per heavy atom. The molecule has 0 aliphatic carbocycles. The van der Waals surface area contributed by atoms with Crippen molar-refractivity contribution < 1.29 is 4.79 Å². The lowest BCUT2D eigenvalue weighted by atomic mass is 10.1. The van der Waals surface area contributed by atoms with E-state index in [1.54, 1.807) is 17.7 Å². The highest BCUT2D eigenvalue weighted by atomic mass is 16.2. The van der Waals surface area contributed by atoms with Crippen molar-refractivity contribution in [2.24, 2.45) is 14.1 Å². The fraction of sp³-hybridized carbons (Fsp3) is 0.381. The number of nitrogens with zero attached hydrogens (tertiary/aromatic N) is 3. The number of benzene rings is 1. The van der Waals surface area contributed by atoms with Crippen molar-refractivity contribution in [2.75, 3.05) is 6.54 Å². The Hall–Kier alpha value is -3.09. The van der Waals surface area contributed by atoms with Crippen LogP contribution in [0.15, 0.2) is 46.0 Å². The molecular weight excluding hydrogens is 356 g/mol. The number of fused-ring (bicyclic) bond motifs is 1. The smallest absolute Gasteiger partial charge is 0.332 e. The summed E-state index contributed by atoms with van der Waals surface area (Å²) in [6, 6.07) is 11.5. The average Bonchev–Trinajstić information content (AvgIpc) is 3.09. The highest BCUT2D eigenvalue weighted by Gasteiger charge is 2.20. The Balaban J connectivity index is 1.96. The largest absolute Gasteiger partial charge is 0.350 e. The lowest BCUT2D eigenvalue weighted by Gasteiger charge is -2.13. The SMILES string of the molecule is CCCCn1c(C(=O)NCCc2ccccc2)cc2c(=O)n(C)c(=O)n(C)c21. The Kier molecular flexibility index (Phi) is 5.82. The second-order valence-electron chi connectivity index (χ2n) is 6.97. The number of amides is 1. The Morgan fingerprint density at radius 3 is 2.46 bits per heavy atom. The third-order valence-corrected chi connectivity index (χ3v) is 5.01. The maximum Gasteiger partial charge on any atom is 0.332 e. The van der Waals surface area contributed by atoms with E-state index in [2.05, 4.69) is 12.2 Å². The van der Waals surface area contributed by atoms with Gasteiger partial charge in [0.15, 0.2) is 0 Å². The van der Waals surface area contributed by atoms with E-state index in [9.17, 15) is 14.4 Å². The summed E-state index contributed by atoms with van der Waals surface area (Å²) in [5.41, 5.74) is 1.27. The van der Waals surface area contributed by atoms with Gasteiger partial charge in [-0.05, 0) is 24.5 Å². The second-order valence-corrected chi connectivity index (χ2v) is 6.97. The first kappa shape index (κ1) is 19.7. The number of hydrogen-bond donors (Lipinski definition) is 1. The van der Waals surface area contributed by atoms with Crippen molar-refractivity contribution in [1.82, 2.24) is 19.0 Å². The molecule has 7 heteroatoms. The maximum absolute atomic E-state index is 12.9. The Bertz CT molecular complexity index is 1110. The number of rotatable bonds is 7. The van der Waals surface area contributed by atoms with Crippen LogP contribution >= 0.6 is 0 Å². The van der Waals surface area contributed by atoms with Crippen molar-refractivity contribution in [3.05, 3.63) is 68.5 Å². The summed E-state index contributed by atoms with van der Waals surface area (Å²) in [5, 5.41) is 3.32. The van der Waals surface area contributed by atoms with Gasteiger partial charge >= 0.3 is 5.69 Å². The summed E-state index contributed by atoms with van der Waals surface area (Å²) in [6.07, 6.45) is 2.51. The minimum atomic E-state index is -0.399. The minimum absolute atomic E-state index is 0.238. The van der Waals surface area contributed by atoms with E-state index in [-0.39, 0.29) is 11.5 Å². The van der Waals surface area contributed by atoms with Crippen LogP contribution in [0.4, 0.5) is 0 Å². The molecule has 3 aromatic rings. The third kappa shape index (κ3) is 3.65. The second kappa shape index (κ2) is 8.29. The third-order valence-electron chi connectivity index (χ3n) is 5.01. The highest BCUT2D eigenvalue weighted by molar-refractivity contribution is 5.97. The molecule has 7 nitrogen and oxygen atoms in total. The van der Waals surface area contributed by atoms with Crippen molar-refractivity contribution >= 4 is 16.9 Å². The van der Waals surface area contributed by atoms with Crippen molar-refractivity contribution in [3.63, 3.8) is 0 Å². The summed E-state index contributed by atoms with van der Waals surface area (Å²) in [6.45, 7) is 3.13. The van der Waals surface area contributed by atoms with E-state index in [1.807, 2.05) is 30.3 Å². The molecule has 28 heavy (non-hydrogen) atoms. The average molecular weight is 382 g/mol. The highest BCUT2D eigenvalue weighted by Crippen LogP contribution is 2.17. The van der Waals surface area contributed by atoms with Crippen molar-refractivity contribution in [1.29, 1.82) is 0 Å². The van der Waals surface area contributed by atoms with E-state index in [1.165, 1.54) is 11.6 Å². The number of aromatic nitrogens is 3. The Labute approximate surface area is 163 Å². The first-order valence-corrected chi connectivity index (χ1v) is 9.57. The van der Waals surface area contributed by atoms with Gasteiger partial charge in [0.2, 0.25) is 0 Å². The molecule has 0 saturated heterocycles. The van der Waals surface area contributed by atoms with E-state index in [4.69, 9.17) is 0 Å². The van der Waals surface area contributed by atoms with Crippen LogP contribution in [-0.2, 0) is 27.1 Å². The Morgan fingerprint density at radius 1 is 1.07 bits per heavy atom. The molecule has 1 N–H and O–H groups in total. The van der Waals surface area contributed by atoms with Gasteiger partial charge in [-0.25, -0.2) is 4.79 Å². The fourth-order valence-corrected chi connectivity index (χ4v) is 3.43. The van der Waals surface area contributed by atoms with E-state index in [0.29, 0.717) is 29.8 Å². The number of hydrogen-bond acceptors (Lipinski definition) is 3. The summed E-state index contributed by atoms with van der Waals surface area (Å²) < 4.78 is 4.30. The van der Waals surface area contributed by atoms with Crippen molar-refractivity contribution in [3.8, 4) is 0 Å². The predicted octanol–water partition coefficient (Wildman–Crippen LogP) is 1.81. The molecule has 1 aromatic carbocycles. The lowest BCUT2D eigenvalue weighted by molar-refractivity contribution is 0.0945. The number of unbranched alkanes of at least 4 members (excludes halogenated alkanes) is 1. The molecule has 2 heterocycles. The fourth-order valence-electron chi connectivity index (χ4n) is 3.43. The molecule has 0 radical (unpaired) electrons. The van der Waals surface area contributed by atoms with Crippen LogP contribution in [0.25, 0.3) is 11.0 Å². The van der Waals surface area contributed by atoms with Gasteiger partial charge < -0.3 is 9.88 Å². The van der Waals surface area contributed by atoms with Gasteiger partial charge in [0.25, 0.3) is 11.5 Å². The van der Waals surface area contributed by atoms with Crippen LogP contribution < -0.4 is 16.6 Å². The molecule has 0 aliphatic rings. The van der Waals surface area contributed by atoms with E-state index >= 15 is 0 Å². The molecule has 1 amide bonds. The number of carbonyl (C=O) groups excluding carboxylic acids is 1. The predicted molar refractivity (Wildman–Crippen MR) is 110 cm³/mol. The van der Waals surface area contributed by atoms with Crippen LogP contribution in [0.1, 0.15) is 35.8 Å². The molecule has 148 valence electrons. The minimum Gasteiger partial charge on any atom is -0.350 e. The number of aryl methyl sites for hydroxylation is 2. The molecule has 3 rings (SSSR count). The zero-order valence-electron chi connectivity index (χ0n) is 16.6. The first-order valence-electron chi connectivity index (χ1n) is 9.57. The van der Waals surface area contributed by atoms with Gasteiger partial charge in [-0.1, -0.05) is 43.7 Å². The normalized spacial score (nSPS) is 11.1. The molecule has 0 unspecified atom stereocenters. The molecule has 0 atom stereocenters. The van der Waals surface area contributed by atoms with Gasteiger partial charge in [-0.3, -0.25) is 18.7 Å². The van der Waals surface area contributed by atoms with Crippen LogP contribution in [0.5, 0.6) is 0 Å². The quantitative estimate of drug-likeness (QED) is 0.677. The molecule has 0 fully saturated rings. The maximum atomic E-state index is 12.9. The summed E-state index contributed by atoms with van der Waals surface area (Å²) in [4.78, 5) is 37.8.